The van der Waals surface area contributed by atoms with Crippen LogP contribution in [0.25, 0.3) is 0 Å². The fourth-order valence-electron chi connectivity index (χ4n) is 1.99. The number of aliphatic carboxylic acids is 1. The first-order valence-corrected chi connectivity index (χ1v) is 5.99. The maximum atomic E-state index is 11.8. The van der Waals surface area contributed by atoms with Gasteiger partial charge in [-0.2, -0.15) is 0 Å². The predicted octanol–water partition coefficient (Wildman–Crippen LogP) is 1.36. The van der Waals surface area contributed by atoms with Crippen LogP contribution in [0.1, 0.15) is 12.0 Å². The normalized spacial score (nSPS) is 21.9. The summed E-state index contributed by atoms with van der Waals surface area (Å²) in [5, 5.41) is 14.3. The number of hydrogen-bond donors (Lipinski definition) is 3. The monoisotopic (exact) mass is 264 g/mol. The number of anilines is 1. The van der Waals surface area contributed by atoms with Crippen LogP contribution in [-0.4, -0.2) is 35.9 Å². The second-order valence-corrected chi connectivity index (χ2v) is 4.64. The number of aryl methyl sites for hydroxylation is 1. The summed E-state index contributed by atoms with van der Waals surface area (Å²) in [6, 6.07) is 6.73. The SMILES string of the molecule is Cc1cccc(NC(=O)NC2(C(=O)O)CCOC2)c1. The zero-order valence-electron chi connectivity index (χ0n) is 10.6. The summed E-state index contributed by atoms with van der Waals surface area (Å²) in [5.41, 5.74) is 0.306. The molecule has 1 unspecified atom stereocenters. The lowest BCUT2D eigenvalue weighted by molar-refractivity contribution is -0.144. The van der Waals surface area contributed by atoms with E-state index >= 15 is 0 Å². The first-order chi connectivity index (χ1) is 9.02. The fourth-order valence-corrected chi connectivity index (χ4v) is 1.99. The standard InChI is InChI=1S/C13H16N2O4/c1-9-3-2-4-10(7-9)14-12(18)15-13(11(16)17)5-6-19-8-13/h2-4,7H,5-6,8H2,1H3,(H,16,17)(H2,14,15,18). The number of carboxylic acids is 1. The van der Waals surface area contributed by atoms with Gasteiger partial charge in [0.1, 0.15) is 0 Å². The lowest BCUT2D eigenvalue weighted by Crippen LogP contribution is -2.56. The molecular weight excluding hydrogens is 248 g/mol. The van der Waals surface area contributed by atoms with Crippen molar-refractivity contribution in [3.63, 3.8) is 0 Å². The predicted molar refractivity (Wildman–Crippen MR) is 69.1 cm³/mol. The molecule has 6 nitrogen and oxygen atoms in total. The van der Waals surface area contributed by atoms with Gasteiger partial charge in [-0.25, -0.2) is 9.59 Å². The van der Waals surface area contributed by atoms with Crippen LogP contribution in [0.5, 0.6) is 0 Å². The topological polar surface area (TPSA) is 87.7 Å². The van der Waals surface area contributed by atoms with E-state index in [-0.39, 0.29) is 13.0 Å². The van der Waals surface area contributed by atoms with Gasteiger partial charge in [0.25, 0.3) is 0 Å². The number of urea groups is 1. The Labute approximate surface area is 110 Å². The molecule has 1 aromatic rings. The van der Waals surface area contributed by atoms with Crippen molar-refractivity contribution in [2.75, 3.05) is 18.5 Å². The maximum absolute atomic E-state index is 11.8. The van der Waals surface area contributed by atoms with Crippen LogP contribution in [-0.2, 0) is 9.53 Å². The number of nitrogens with one attached hydrogen (secondary N) is 2. The van der Waals surface area contributed by atoms with Gasteiger partial charge >= 0.3 is 12.0 Å². The third-order valence-electron chi connectivity index (χ3n) is 3.06. The highest BCUT2D eigenvalue weighted by atomic mass is 16.5. The Hall–Kier alpha value is -2.08. The van der Waals surface area contributed by atoms with Gasteiger partial charge in [0, 0.05) is 18.7 Å². The van der Waals surface area contributed by atoms with Crippen molar-refractivity contribution in [2.24, 2.45) is 0 Å². The molecule has 1 aliphatic heterocycles. The van der Waals surface area contributed by atoms with Crippen molar-refractivity contribution in [3.05, 3.63) is 29.8 Å². The highest BCUT2D eigenvalue weighted by molar-refractivity contribution is 5.94. The molecule has 6 heteroatoms. The molecule has 0 aliphatic carbocycles. The number of ether oxygens (including phenoxy) is 1. The van der Waals surface area contributed by atoms with Crippen LogP contribution in [0.2, 0.25) is 0 Å². The second-order valence-electron chi connectivity index (χ2n) is 4.64. The molecule has 1 atom stereocenters. The highest BCUT2D eigenvalue weighted by Crippen LogP contribution is 2.19. The Morgan fingerprint density at radius 1 is 1.42 bits per heavy atom. The molecule has 1 fully saturated rings. The van der Waals surface area contributed by atoms with E-state index in [1.54, 1.807) is 12.1 Å². The fraction of sp³-hybridized carbons (Fsp3) is 0.385. The first-order valence-electron chi connectivity index (χ1n) is 5.99. The third kappa shape index (κ3) is 3.03. The van der Waals surface area contributed by atoms with Crippen LogP contribution >= 0.6 is 0 Å². The van der Waals surface area contributed by atoms with Gasteiger partial charge in [-0.15, -0.1) is 0 Å². The maximum Gasteiger partial charge on any atom is 0.332 e. The van der Waals surface area contributed by atoms with Crippen LogP contribution in [0.4, 0.5) is 10.5 Å². The van der Waals surface area contributed by atoms with Crippen molar-refractivity contribution in [2.45, 2.75) is 18.9 Å². The number of hydrogen-bond acceptors (Lipinski definition) is 3. The summed E-state index contributed by atoms with van der Waals surface area (Å²) < 4.78 is 5.07. The van der Waals surface area contributed by atoms with Gasteiger partial charge in [0.2, 0.25) is 0 Å². The van der Waals surface area contributed by atoms with E-state index in [0.29, 0.717) is 12.3 Å². The van der Waals surface area contributed by atoms with E-state index in [1.807, 2.05) is 19.1 Å². The quantitative estimate of drug-likeness (QED) is 0.769. The van der Waals surface area contributed by atoms with Gasteiger partial charge in [-0.05, 0) is 24.6 Å². The van der Waals surface area contributed by atoms with E-state index in [1.165, 1.54) is 0 Å². The molecule has 2 amide bonds. The van der Waals surface area contributed by atoms with Crippen LogP contribution < -0.4 is 10.6 Å². The Bertz CT molecular complexity index is 495. The van der Waals surface area contributed by atoms with Crippen molar-refractivity contribution >= 4 is 17.7 Å². The van der Waals surface area contributed by atoms with Crippen LogP contribution in [0.15, 0.2) is 24.3 Å². The Morgan fingerprint density at radius 2 is 2.21 bits per heavy atom. The summed E-state index contributed by atoms with van der Waals surface area (Å²) >= 11 is 0. The Kier molecular flexibility index (Phi) is 3.71. The Morgan fingerprint density at radius 3 is 2.79 bits per heavy atom. The lowest BCUT2D eigenvalue weighted by atomic mass is 9.99. The summed E-state index contributed by atoms with van der Waals surface area (Å²) in [4.78, 5) is 23.1. The van der Waals surface area contributed by atoms with Crippen LogP contribution in [0.3, 0.4) is 0 Å². The number of rotatable bonds is 3. The van der Waals surface area contributed by atoms with E-state index in [9.17, 15) is 14.7 Å². The molecule has 0 spiro atoms. The van der Waals surface area contributed by atoms with Crippen LogP contribution in [0, 0.1) is 6.92 Å². The van der Waals surface area contributed by atoms with Crippen molar-refractivity contribution in [1.29, 1.82) is 0 Å². The molecule has 3 N–H and O–H groups in total. The molecular formula is C13H16N2O4. The Balaban J connectivity index is 2.02. The number of carbonyl (C=O) groups is 2. The molecule has 1 aromatic carbocycles. The zero-order valence-corrected chi connectivity index (χ0v) is 10.6. The first kappa shape index (κ1) is 13.4. The van der Waals surface area contributed by atoms with Gasteiger partial charge in [-0.3, -0.25) is 0 Å². The molecule has 102 valence electrons. The number of amides is 2. The minimum Gasteiger partial charge on any atom is -0.479 e. The van der Waals surface area contributed by atoms with E-state index in [2.05, 4.69) is 10.6 Å². The smallest absolute Gasteiger partial charge is 0.332 e. The number of benzene rings is 1. The molecule has 0 bridgehead atoms. The largest absolute Gasteiger partial charge is 0.479 e. The molecule has 2 rings (SSSR count). The van der Waals surface area contributed by atoms with E-state index < -0.39 is 17.5 Å². The summed E-state index contributed by atoms with van der Waals surface area (Å²) in [7, 11) is 0. The minimum absolute atomic E-state index is 0.0103. The van der Waals surface area contributed by atoms with Gasteiger partial charge in [0.15, 0.2) is 5.54 Å². The lowest BCUT2D eigenvalue weighted by Gasteiger charge is -2.23. The number of carboxylic acid groups (broad SMARTS) is 1. The van der Waals surface area contributed by atoms with Gasteiger partial charge in [0.05, 0.1) is 6.61 Å². The molecule has 19 heavy (non-hydrogen) atoms. The summed E-state index contributed by atoms with van der Waals surface area (Å²) in [6.45, 7) is 2.23. The average molecular weight is 264 g/mol. The van der Waals surface area contributed by atoms with Gasteiger partial charge < -0.3 is 20.5 Å². The summed E-state index contributed by atoms with van der Waals surface area (Å²) in [6.07, 6.45) is 0.267. The molecule has 0 saturated carbocycles. The van der Waals surface area contributed by atoms with Crippen molar-refractivity contribution < 1.29 is 19.4 Å². The number of carbonyl (C=O) groups excluding carboxylic acids is 1. The second kappa shape index (κ2) is 5.27. The summed E-state index contributed by atoms with van der Waals surface area (Å²) in [5.74, 6) is -1.08. The molecule has 0 radical (unpaired) electrons. The zero-order chi connectivity index (χ0) is 13.9. The van der Waals surface area contributed by atoms with E-state index in [4.69, 9.17) is 4.74 Å². The highest BCUT2D eigenvalue weighted by Gasteiger charge is 2.44. The van der Waals surface area contributed by atoms with E-state index in [0.717, 1.165) is 5.56 Å². The average Bonchev–Trinajstić information content (AvgIpc) is 2.78. The molecule has 0 aromatic heterocycles. The van der Waals surface area contributed by atoms with Crippen molar-refractivity contribution in [3.8, 4) is 0 Å². The molecule has 1 aliphatic rings. The van der Waals surface area contributed by atoms with Gasteiger partial charge in [-0.1, -0.05) is 12.1 Å². The minimum atomic E-state index is -1.33. The molecule has 1 heterocycles. The molecule has 1 saturated heterocycles. The third-order valence-corrected chi connectivity index (χ3v) is 3.06. The van der Waals surface area contributed by atoms with Crippen molar-refractivity contribution in [1.82, 2.24) is 5.32 Å².